The van der Waals surface area contributed by atoms with E-state index in [-0.39, 0.29) is 23.6 Å². The van der Waals surface area contributed by atoms with E-state index in [1.807, 2.05) is 32.0 Å². The third kappa shape index (κ3) is 2.55. The Labute approximate surface area is 122 Å². The fourth-order valence-corrected chi connectivity index (χ4v) is 2.64. The Hall–Kier alpha value is -2.17. The summed E-state index contributed by atoms with van der Waals surface area (Å²) in [6, 6.07) is 5.90. The summed E-state index contributed by atoms with van der Waals surface area (Å²) in [6.07, 6.45) is 2.05. The number of aromatic nitrogens is 2. The summed E-state index contributed by atoms with van der Waals surface area (Å²) in [5.41, 5.74) is 1.87. The van der Waals surface area contributed by atoms with Crippen LogP contribution in [-0.4, -0.2) is 20.9 Å². The number of hydrogen-bond acceptors (Lipinski definition) is 3. The molecule has 0 amide bonds. The molecule has 21 heavy (non-hydrogen) atoms. The van der Waals surface area contributed by atoms with Crippen LogP contribution < -0.4 is 5.43 Å². The van der Waals surface area contributed by atoms with Gasteiger partial charge in [0.15, 0.2) is 0 Å². The number of fused-ring (bicyclic) bond motifs is 1. The van der Waals surface area contributed by atoms with Gasteiger partial charge in [0.25, 0.3) is 0 Å². The minimum atomic E-state index is -1.04. The Morgan fingerprint density at radius 1 is 1.43 bits per heavy atom. The van der Waals surface area contributed by atoms with Crippen LogP contribution in [-0.2, 0) is 11.2 Å². The number of carboxylic acid groups (broad SMARTS) is 1. The highest BCUT2D eigenvalue weighted by Crippen LogP contribution is 2.40. The summed E-state index contributed by atoms with van der Waals surface area (Å²) in [4.78, 5) is 23.3. The molecular formula is C16H18N2O3. The lowest BCUT2D eigenvalue weighted by Gasteiger charge is -2.15. The molecule has 0 radical (unpaired) electrons. The molecule has 0 spiro atoms. The Bertz CT molecular complexity index is 773. The van der Waals surface area contributed by atoms with Gasteiger partial charge in [0, 0.05) is 11.4 Å². The smallest absolute Gasteiger partial charge is 0.309 e. The monoisotopic (exact) mass is 286 g/mol. The van der Waals surface area contributed by atoms with Crippen LogP contribution in [0.3, 0.4) is 0 Å². The second-order valence-corrected chi connectivity index (χ2v) is 5.94. The minimum absolute atomic E-state index is 0.0649. The maximum atomic E-state index is 12.4. The Kier molecular flexibility index (Phi) is 3.27. The van der Waals surface area contributed by atoms with Crippen LogP contribution >= 0.6 is 0 Å². The highest BCUT2D eigenvalue weighted by molar-refractivity contribution is 5.81. The van der Waals surface area contributed by atoms with Crippen molar-refractivity contribution in [2.24, 2.45) is 0 Å². The zero-order valence-corrected chi connectivity index (χ0v) is 12.2. The largest absolute Gasteiger partial charge is 0.481 e. The van der Waals surface area contributed by atoms with E-state index in [1.54, 1.807) is 4.68 Å². The van der Waals surface area contributed by atoms with Gasteiger partial charge in [-0.15, -0.1) is 0 Å². The molecule has 5 heteroatoms. The summed E-state index contributed by atoms with van der Waals surface area (Å²) < 4.78 is 1.76. The number of carbonyl (C=O) groups is 1. The van der Waals surface area contributed by atoms with Crippen molar-refractivity contribution in [3.8, 4) is 0 Å². The van der Waals surface area contributed by atoms with Gasteiger partial charge in [0.2, 0.25) is 5.43 Å². The normalized spacial score (nSPS) is 14.8. The summed E-state index contributed by atoms with van der Waals surface area (Å²) in [6.45, 7) is 3.95. The van der Waals surface area contributed by atoms with Gasteiger partial charge in [-0.05, 0) is 50.3 Å². The van der Waals surface area contributed by atoms with Crippen LogP contribution in [0.1, 0.15) is 49.9 Å². The third-order valence-corrected chi connectivity index (χ3v) is 3.86. The Morgan fingerprint density at radius 2 is 2.14 bits per heavy atom. The quantitative estimate of drug-likeness (QED) is 0.937. The van der Waals surface area contributed by atoms with E-state index in [0.29, 0.717) is 11.3 Å². The van der Waals surface area contributed by atoms with E-state index in [4.69, 9.17) is 5.11 Å². The van der Waals surface area contributed by atoms with Crippen molar-refractivity contribution in [1.82, 2.24) is 9.78 Å². The predicted octanol–water partition coefficient (Wildman–Crippen LogP) is 2.48. The first-order valence-electron chi connectivity index (χ1n) is 7.24. The first-order chi connectivity index (χ1) is 9.97. The van der Waals surface area contributed by atoms with Crippen LogP contribution in [0.25, 0.3) is 10.9 Å². The molecule has 1 aliphatic carbocycles. The Balaban J connectivity index is 2.25. The van der Waals surface area contributed by atoms with Crippen LogP contribution in [0.15, 0.2) is 23.0 Å². The van der Waals surface area contributed by atoms with E-state index >= 15 is 0 Å². The zero-order valence-electron chi connectivity index (χ0n) is 12.2. The molecule has 0 unspecified atom stereocenters. The molecule has 0 aliphatic heterocycles. The number of carboxylic acids is 1. The Morgan fingerprint density at radius 3 is 2.71 bits per heavy atom. The van der Waals surface area contributed by atoms with Gasteiger partial charge in [-0.25, -0.2) is 0 Å². The second kappa shape index (κ2) is 4.98. The van der Waals surface area contributed by atoms with Crippen molar-refractivity contribution in [3.63, 3.8) is 0 Å². The molecule has 1 N–H and O–H groups in total. The SMILES string of the molecule is CC(C)n1nc(CC(=O)O)c(=O)c2ccc(C3CC3)cc21. The molecule has 1 fully saturated rings. The zero-order chi connectivity index (χ0) is 15.1. The summed E-state index contributed by atoms with van der Waals surface area (Å²) >= 11 is 0. The molecule has 0 bridgehead atoms. The molecule has 110 valence electrons. The molecule has 3 rings (SSSR count). The van der Waals surface area contributed by atoms with Gasteiger partial charge < -0.3 is 5.11 Å². The number of rotatable bonds is 4. The highest BCUT2D eigenvalue weighted by Gasteiger charge is 2.24. The van der Waals surface area contributed by atoms with Crippen molar-refractivity contribution in [1.29, 1.82) is 0 Å². The van der Waals surface area contributed by atoms with Crippen molar-refractivity contribution in [3.05, 3.63) is 39.7 Å². The molecule has 5 nitrogen and oxygen atoms in total. The average Bonchev–Trinajstić information content (AvgIpc) is 3.25. The van der Waals surface area contributed by atoms with Crippen LogP contribution in [0, 0.1) is 0 Å². The molecule has 2 aromatic rings. The van der Waals surface area contributed by atoms with Crippen LogP contribution in [0.4, 0.5) is 0 Å². The number of nitrogens with zero attached hydrogens (tertiary/aromatic N) is 2. The van der Waals surface area contributed by atoms with E-state index in [9.17, 15) is 9.59 Å². The molecule has 1 heterocycles. The molecule has 1 saturated carbocycles. The fourth-order valence-electron chi connectivity index (χ4n) is 2.64. The van der Waals surface area contributed by atoms with Crippen LogP contribution in [0.2, 0.25) is 0 Å². The van der Waals surface area contributed by atoms with E-state index in [0.717, 1.165) is 5.52 Å². The average molecular weight is 286 g/mol. The van der Waals surface area contributed by atoms with E-state index < -0.39 is 5.97 Å². The van der Waals surface area contributed by atoms with E-state index in [2.05, 4.69) is 5.10 Å². The molecule has 1 aliphatic rings. The van der Waals surface area contributed by atoms with E-state index in [1.165, 1.54) is 18.4 Å². The van der Waals surface area contributed by atoms with Crippen molar-refractivity contribution in [2.75, 3.05) is 0 Å². The van der Waals surface area contributed by atoms with Gasteiger partial charge in [-0.3, -0.25) is 14.3 Å². The number of benzene rings is 1. The minimum Gasteiger partial charge on any atom is -0.481 e. The first-order valence-corrected chi connectivity index (χ1v) is 7.24. The lowest BCUT2D eigenvalue weighted by Crippen LogP contribution is -2.22. The summed E-state index contributed by atoms with van der Waals surface area (Å²) in [5, 5.41) is 13.8. The topological polar surface area (TPSA) is 72.2 Å². The molecule has 0 atom stereocenters. The van der Waals surface area contributed by atoms with Crippen molar-refractivity contribution in [2.45, 2.75) is 45.1 Å². The fraction of sp³-hybridized carbons (Fsp3) is 0.438. The second-order valence-electron chi connectivity index (χ2n) is 5.94. The first kappa shape index (κ1) is 13.8. The molecule has 0 saturated heterocycles. The maximum absolute atomic E-state index is 12.4. The number of hydrogen-bond donors (Lipinski definition) is 1. The molecular weight excluding hydrogens is 268 g/mol. The third-order valence-electron chi connectivity index (χ3n) is 3.86. The van der Waals surface area contributed by atoms with Crippen LogP contribution in [0.5, 0.6) is 0 Å². The van der Waals surface area contributed by atoms with Crippen molar-refractivity contribution >= 4 is 16.9 Å². The lowest BCUT2D eigenvalue weighted by atomic mass is 10.1. The van der Waals surface area contributed by atoms with Crippen molar-refractivity contribution < 1.29 is 9.90 Å². The summed E-state index contributed by atoms with van der Waals surface area (Å²) in [5.74, 6) is -0.437. The molecule has 1 aromatic heterocycles. The molecule has 1 aromatic carbocycles. The van der Waals surface area contributed by atoms with Gasteiger partial charge in [0.1, 0.15) is 5.69 Å². The maximum Gasteiger partial charge on any atom is 0.309 e. The van der Waals surface area contributed by atoms with Gasteiger partial charge >= 0.3 is 5.97 Å². The van der Waals surface area contributed by atoms with Gasteiger partial charge in [-0.2, -0.15) is 5.10 Å². The predicted molar refractivity (Wildman–Crippen MR) is 79.7 cm³/mol. The standard InChI is InChI=1S/C16H18N2O3/c1-9(2)18-14-7-11(10-3-4-10)5-6-12(14)16(21)13(17-18)8-15(19)20/h5-7,9-10H,3-4,8H2,1-2H3,(H,19,20). The van der Waals surface area contributed by atoms with Gasteiger partial charge in [0.05, 0.1) is 11.9 Å². The summed E-state index contributed by atoms with van der Waals surface area (Å²) in [7, 11) is 0. The lowest BCUT2D eigenvalue weighted by molar-refractivity contribution is -0.136. The number of aliphatic carboxylic acids is 1. The highest BCUT2D eigenvalue weighted by atomic mass is 16.4. The van der Waals surface area contributed by atoms with Gasteiger partial charge in [-0.1, -0.05) is 6.07 Å².